The second-order valence-electron chi connectivity index (χ2n) is 4.71. The fourth-order valence-corrected chi connectivity index (χ4v) is 2.29. The largest absolute Gasteiger partial charge is 0.394 e. The van der Waals surface area contributed by atoms with Crippen molar-refractivity contribution in [2.45, 2.75) is 24.5 Å². The van der Waals surface area contributed by atoms with Gasteiger partial charge in [0.2, 0.25) is 0 Å². The van der Waals surface area contributed by atoms with Gasteiger partial charge in [-0.15, -0.1) is 0 Å². The number of hydrogen-bond donors (Lipinski definition) is 3. The average Bonchev–Trinajstić information content (AvgIpc) is 2.98. The lowest BCUT2D eigenvalue weighted by molar-refractivity contribution is -0.0511. The van der Waals surface area contributed by atoms with Gasteiger partial charge in [-0.3, -0.25) is 9.36 Å². The van der Waals surface area contributed by atoms with Crippen LogP contribution in [0.2, 0.25) is 0 Å². The summed E-state index contributed by atoms with van der Waals surface area (Å²) < 4.78 is 8.05. The Hall–Kier alpha value is -1.81. The van der Waals surface area contributed by atoms with Crippen LogP contribution < -0.4 is 5.56 Å². The van der Waals surface area contributed by atoms with Crippen molar-refractivity contribution >= 4 is 11.2 Å². The van der Waals surface area contributed by atoms with E-state index >= 15 is 0 Å². The summed E-state index contributed by atoms with van der Waals surface area (Å²) in [5.74, 6) is 0. The lowest BCUT2D eigenvalue weighted by atomic mass is 10.1. The zero-order valence-electron chi connectivity index (χ0n) is 10.6. The van der Waals surface area contributed by atoms with Gasteiger partial charge in [0.25, 0.3) is 5.56 Å². The van der Waals surface area contributed by atoms with Crippen LogP contribution in [0.3, 0.4) is 0 Å². The van der Waals surface area contributed by atoms with Crippen molar-refractivity contribution in [1.82, 2.24) is 19.1 Å². The van der Waals surface area contributed by atoms with Crippen LogP contribution >= 0.6 is 0 Å². The zero-order valence-corrected chi connectivity index (χ0v) is 10.6. The second kappa shape index (κ2) is 4.63. The third-order valence-electron chi connectivity index (χ3n) is 3.44. The van der Waals surface area contributed by atoms with E-state index in [9.17, 15) is 15.0 Å². The van der Waals surface area contributed by atoms with Gasteiger partial charge in [0.15, 0.2) is 17.4 Å². The molecule has 0 spiro atoms. The van der Waals surface area contributed by atoms with Gasteiger partial charge in [0.1, 0.15) is 18.3 Å². The second-order valence-corrected chi connectivity index (χ2v) is 4.71. The van der Waals surface area contributed by atoms with Gasteiger partial charge >= 0.3 is 0 Å². The Bertz CT molecular complexity index is 696. The molecule has 1 fully saturated rings. The van der Waals surface area contributed by atoms with E-state index in [4.69, 9.17) is 9.84 Å². The van der Waals surface area contributed by atoms with Crippen molar-refractivity contribution in [1.29, 1.82) is 0 Å². The number of aliphatic hydroxyl groups is 3. The van der Waals surface area contributed by atoms with Crippen LogP contribution in [0, 0.1) is 0 Å². The summed E-state index contributed by atoms with van der Waals surface area (Å²) in [7, 11) is 1.56. The van der Waals surface area contributed by atoms with Crippen molar-refractivity contribution in [3.8, 4) is 0 Å². The van der Waals surface area contributed by atoms with Crippen LogP contribution in [0.1, 0.15) is 6.23 Å². The van der Waals surface area contributed by atoms with Crippen LogP contribution in [0.5, 0.6) is 0 Å². The molecule has 3 heterocycles. The van der Waals surface area contributed by atoms with E-state index in [1.165, 1.54) is 21.8 Å². The van der Waals surface area contributed by atoms with Crippen molar-refractivity contribution in [3.63, 3.8) is 0 Å². The zero-order chi connectivity index (χ0) is 14.4. The average molecular weight is 282 g/mol. The number of ether oxygens (including phenoxy) is 1. The third-order valence-corrected chi connectivity index (χ3v) is 3.44. The maximum atomic E-state index is 11.9. The summed E-state index contributed by atoms with van der Waals surface area (Å²) in [6.45, 7) is -0.420. The number of aliphatic hydroxyl groups excluding tert-OH is 3. The molecule has 3 rings (SSSR count). The van der Waals surface area contributed by atoms with Crippen molar-refractivity contribution in [2.75, 3.05) is 6.61 Å². The van der Waals surface area contributed by atoms with Gasteiger partial charge in [-0.2, -0.15) is 0 Å². The first-order chi connectivity index (χ1) is 9.54. The Morgan fingerprint density at radius 2 is 2.05 bits per heavy atom. The topological polar surface area (TPSA) is 123 Å². The molecule has 1 aliphatic rings. The Morgan fingerprint density at radius 3 is 2.70 bits per heavy atom. The normalized spacial score (nSPS) is 30.2. The molecule has 108 valence electrons. The van der Waals surface area contributed by atoms with E-state index in [0.717, 1.165) is 0 Å². The number of fused-ring (bicyclic) bond motifs is 1. The molecule has 20 heavy (non-hydrogen) atoms. The number of aromatic nitrogens is 4. The van der Waals surface area contributed by atoms with Gasteiger partial charge in [-0.05, 0) is 0 Å². The van der Waals surface area contributed by atoms with E-state index in [2.05, 4.69) is 9.97 Å². The van der Waals surface area contributed by atoms with E-state index < -0.39 is 31.1 Å². The molecular weight excluding hydrogens is 268 g/mol. The highest BCUT2D eigenvalue weighted by Crippen LogP contribution is 2.30. The Morgan fingerprint density at radius 1 is 1.30 bits per heavy atom. The number of imidazole rings is 1. The highest BCUT2D eigenvalue weighted by molar-refractivity contribution is 5.69. The summed E-state index contributed by atoms with van der Waals surface area (Å²) in [4.78, 5) is 19.9. The molecule has 4 atom stereocenters. The van der Waals surface area contributed by atoms with Gasteiger partial charge in [0.05, 0.1) is 19.3 Å². The van der Waals surface area contributed by atoms with Crippen LogP contribution in [0.25, 0.3) is 11.2 Å². The van der Waals surface area contributed by atoms with Gasteiger partial charge in [-0.25, -0.2) is 9.97 Å². The molecule has 9 nitrogen and oxygen atoms in total. The molecular formula is C11H14N4O5. The standard InChI is InChI=1S/C11H14N4O5/c1-14-3-13-9-6(10(14)19)12-4-15(9)11-8(18)7(17)5(2-16)20-11/h3-5,7-8,11,16-18H,2H2,1H3. The first kappa shape index (κ1) is 13.2. The minimum atomic E-state index is -1.24. The Labute approximate surface area is 112 Å². The molecule has 0 saturated carbocycles. The lowest BCUT2D eigenvalue weighted by Gasteiger charge is -2.16. The summed E-state index contributed by atoms with van der Waals surface area (Å²) in [6.07, 6.45) is -1.64. The molecule has 0 aliphatic carbocycles. The maximum absolute atomic E-state index is 11.9. The van der Waals surface area contributed by atoms with E-state index in [1.54, 1.807) is 7.05 Å². The van der Waals surface area contributed by atoms with E-state index in [-0.39, 0.29) is 16.7 Å². The molecule has 0 bridgehead atoms. The molecule has 0 radical (unpaired) electrons. The quantitative estimate of drug-likeness (QED) is 0.568. The summed E-state index contributed by atoms with van der Waals surface area (Å²) in [5.41, 5.74) is 0.0798. The summed E-state index contributed by atoms with van der Waals surface area (Å²) >= 11 is 0. The van der Waals surface area contributed by atoms with Crippen molar-refractivity contribution in [2.24, 2.45) is 7.05 Å². The highest BCUT2D eigenvalue weighted by atomic mass is 16.6. The number of hydrogen-bond acceptors (Lipinski definition) is 7. The number of aryl methyl sites for hydroxylation is 1. The fourth-order valence-electron chi connectivity index (χ4n) is 2.29. The molecule has 2 aromatic rings. The smallest absolute Gasteiger partial charge is 0.281 e. The minimum absolute atomic E-state index is 0.146. The molecule has 1 aliphatic heterocycles. The molecule has 2 aromatic heterocycles. The van der Waals surface area contributed by atoms with Crippen LogP contribution in [-0.2, 0) is 11.8 Å². The molecule has 3 N–H and O–H groups in total. The highest BCUT2D eigenvalue weighted by Gasteiger charge is 2.43. The summed E-state index contributed by atoms with van der Waals surface area (Å²) in [6, 6.07) is 0. The lowest BCUT2D eigenvalue weighted by Crippen LogP contribution is -2.33. The predicted molar refractivity (Wildman–Crippen MR) is 65.8 cm³/mol. The predicted octanol–water partition coefficient (Wildman–Crippen LogP) is -2.26. The SMILES string of the molecule is Cn1cnc2c(ncn2C2OC(CO)C(O)C2O)c1=O. The van der Waals surface area contributed by atoms with Gasteiger partial charge in [-0.1, -0.05) is 0 Å². The first-order valence-corrected chi connectivity index (χ1v) is 6.05. The van der Waals surface area contributed by atoms with E-state index in [0.29, 0.717) is 0 Å². The van der Waals surface area contributed by atoms with Crippen molar-refractivity contribution in [3.05, 3.63) is 23.0 Å². The fraction of sp³-hybridized carbons (Fsp3) is 0.545. The minimum Gasteiger partial charge on any atom is -0.394 e. The maximum Gasteiger partial charge on any atom is 0.281 e. The molecule has 4 unspecified atom stereocenters. The van der Waals surface area contributed by atoms with E-state index in [1.807, 2.05) is 0 Å². The van der Waals surface area contributed by atoms with Crippen molar-refractivity contribution < 1.29 is 20.1 Å². The first-order valence-electron chi connectivity index (χ1n) is 6.05. The molecule has 0 aromatic carbocycles. The van der Waals surface area contributed by atoms with Crippen LogP contribution in [-0.4, -0.2) is 59.3 Å². The molecule has 1 saturated heterocycles. The van der Waals surface area contributed by atoms with Crippen LogP contribution in [0.15, 0.2) is 17.4 Å². The number of nitrogens with zero attached hydrogens (tertiary/aromatic N) is 4. The molecule has 9 heteroatoms. The Balaban J connectivity index is 2.08. The third kappa shape index (κ3) is 1.75. The summed E-state index contributed by atoms with van der Waals surface area (Å²) in [5, 5.41) is 28.8. The Kier molecular flexibility index (Phi) is 3.05. The van der Waals surface area contributed by atoms with Crippen LogP contribution in [0.4, 0.5) is 0 Å². The van der Waals surface area contributed by atoms with Gasteiger partial charge in [0, 0.05) is 7.05 Å². The van der Waals surface area contributed by atoms with Gasteiger partial charge < -0.3 is 24.6 Å². The number of rotatable bonds is 2. The molecule has 0 amide bonds. The monoisotopic (exact) mass is 282 g/mol.